The highest BCUT2D eigenvalue weighted by Gasteiger charge is 2.06. The van der Waals surface area contributed by atoms with Crippen molar-refractivity contribution in [3.63, 3.8) is 0 Å². The minimum atomic E-state index is 0.383. The standard InChI is InChI=1S/C8H14ClN3S/c1-7(2)12-8(10-6-11-12)5-13-4-3-9/h6-7H,3-5H2,1-2H3. The molecule has 1 aromatic rings. The van der Waals surface area contributed by atoms with Crippen molar-refractivity contribution >= 4 is 23.4 Å². The number of aromatic nitrogens is 3. The lowest BCUT2D eigenvalue weighted by Gasteiger charge is -2.08. The number of rotatable bonds is 5. The van der Waals surface area contributed by atoms with Crippen LogP contribution in [0.2, 0.25) is 0 Å². The molecule has 5 heteroatoms. The first-order chi connectivity index (χ1) is 6.25. The van der Waals surface area contributed by atoms with E-state index in [0.717, 1.165) is 17.3 Å². The molecule has 0 aliphatic heterocycles. The van der Waals surface area contributed by atoms with E-state index in [1.165, 1.54) is 0 Å². The van der Waals surface area contributed by atoms with E-state index in [0.29, 0.717) is 11.9 Å². The monoisotopic (exact) mass is 219 g/mol. The Hall–Kier alpha value is -0.220. The Balaban J connectivity index is 2.50. The first-order valence-corrected chi connectivity index (χ1v) is 5.96. The highest BCUT2D eigenvalue weighted by Crippen LogP contribution is 2.12. The summed E-state index contributed by atoms with van der Waals surface area (Å²) in [6.07, 6.45) is 1.61. The molecule has 0 atom stereocenters. The zero-order chi connectivity index (χ0) is 9.68. The third-order valence-corrected chi connectivity index (χ3v) is 2.96. The molecule has 1 heterocycles. The fraction of sp³-hybridized carbons (Fsp3) is 0.750. The highest BCUT2D eigenvalue weighted by molar-refractivity contribution is 7.98. The third-order valence-electron chi connectivity index (χ3n) is 1.59. The summed E-state index contributed by atoms with van der Waals surface area (Å²) in [5, 5.41) is 4.15. The number of hydrogen-bond acceptors (Lipinski definition) is 3. The topological polar surface area (TPSA) is 30.7 Å². The molecule has 0 N–H and O–H groups in total. The van der Waals surface area contributed by atoms with Gasteiger partial charge in [0.15, 0.2) is 0 Å². The molecule has 0 fully saturated rings. The molecule has 0 aliphatic carbocycles. The lowest BCUT2D eigenvalue weighted by molar-refractivity contribution is 0.514. The summed E-state index contributed by atoms with van der Waals surface area (Å²) in [4.78, 5) is 4.20. The van der Waals surface area contributed by atoms with Crippen molar-refractivity contribution in [2.75, 3.05) is 11.6 Å². The number of halogens is 1. The molecule has 0 bridgehead atoms. The molecular weight excluding hydrogens is 206 g/mol. The fourth-order valence-electron chi connectivity index (χ4n) is 1.03. The number of thioether (sulfide) groups is 1. The molecule has 0 spiro atoms. The van der Waals surface area contributed by atoms with Crippen molar-refractivity contribution < 1.29 is 0 Å². The molecule has 0 amide bonds. The first-order valence-electron chi connectivity index (χ1n) is 4.27. The average Bonchev–Trinajstić information content (AvgIpc) is 2.53. The van der Waals surface area contributed by atoms with Gasteiger partial charge in [-0.3, -0.25) is 0 Å². The van der Waals surface area contributed by atoms with E-state index >= 15 is 0 Å². The fourth-order valence-corrected chi connectivity index (χ4v) is 2.00. The van der Waals surface area contributed by atoms with Gasteiger partial charge in [-0.2, -0.15) is 16.9 Å². The first kappa shape index (κ1) is 10.9. The lowest BCUT2D eigenvalue weighted by atomic mass is 10.4. The maximum Gasteiger partial charge on any atom is 0.138 e. The Morgan fingerprint density at radius 2 is 2.38 bits per heavy atom. The van der Waals surface area contributed by atoms with Crippen LogP contribution in [0.4, 0.5) is 0 Å². The van der Waals surface area contributed by atoms with Gasteiger partial charge in [-0.05, 0) is 13.8 Å². The quantitative estimate of drug-likeness (QED) is 0.563. The molecular formula is C8H14ClN3S. The lowest BCUT2D eigenvalue weighted by Crippen LogP contribution is -2.07. The van der Waals surface area contributed by atoms with Gasteiger partial charge in [0.1, 0.15) is 12.2 Å². The van der Waals surface area contributed by atoms with Crippen LogP contribution in [0.5, 0.6) is 0 Å². The van der Waals surface area contributed by atoms with Gasteiger partial charge in [0.05, 0.1) is 5.75 Å². The summed E-state index contributed by atoms with van der Waals surface area (Å²) >= 11 is 7.37. The number of hydrogen-bond donors (Lipinski definition) is 0. The zero-order valence-corrected chi connectivity index (χ0v) is 9.48. The van der Waals surface area contributed by atoms with Crippen LogP contribution in [-0.4, -0.2) is 26.4 Å². The van der Waals surface area contributed by atoms with E-state index in [9.17, 15) is 0 Å². The molecule has 0 saturated heterocycles. The Morgan fingerprint density at radius 3 is 3.00 bits per heavy atom. The predicted molar refractivity (Wildman–Crippen MR) is 57.3 cm³/mol. The van der Waals surface area contributed by atoms with Crippen LogP contribution in [0.3, 0.4) is 0 Å². The van der Waals surface area contributed by atoms with Gasteiger partial charge in [-0.1, -0.05) is 0 Å². The predicted octanol–water partition coefficient (Wildman–Crippen LogP) is 2.33. The van der Waals surface area contributed by atoms with Crippen LogP contribution in [0.1, 0.15) is 25.7 Å². The van der Waals surface area contributed by atoms with Crippen LogP contribution in [0.25, 0.3) is 0 Å². The summed E-state index contributed by atoms with van der Waals surface area (Å²) in [5.41, 5.74) is 0. The summed E-state index contributed by atoms with van der Waals surface area (Å²) in [5.74, 6) is 3.59. The maximum absolute atomic E-state index is 5.58. The molecule has 1 aromatic heterocycles. The SMILES string of the molecule is CC(C)n1ncnc1CSCCCl. The van der Waals surface area contributed by atoms with Crippen LogP contribution in [0.15, 0.2) is 6.33 Å². The average molecular weight is 220 g/mol. The second-order valence-corrected chi connectivity index (χ2v) is 4.44. The van der Waals surface area contributed by atoms with Crippen molar-refractivity contribution in [3.05, 3.63) is 12.2 Å². The summed E-state index contributed by atoms with van der Waals surface area (Å²) in [7, 11) is 0. The minimum Gasteiger partial charge on any atom is -0.247 e. The van der Waals surface area contributed by atoms with Crippen molar-refractivity contribution in [1.29, 1.82) is 0 Å². The smallest absolute Gasteiger partial charge is 0.138 e. The number of alkyl halides is 1. The van der Waals surface area contributed by atoms with Gasteiger partial charge in [-0.15, -0.1) is 11.6 Å². The molecule has 0 aromatic carbocycles. The van der Waals surface area contributed by atoms with Gasteiger partial charge in [0.2, 0.25) is 0 Å². The largest absolute Gasteiger partial charge is 0.247 e. The molecule has 3 nitrogen and oxygen atoms in total. The third kappa shape index (κ3) is 3.19. The summed E-state index contributed by atoms with van der Waals surface area (Å²) in [6, 6.07) is 0.383. The van der Waals surface area contributed by atoms with Gasteiger partial charge in [0.25, 0.3) is 0 Å². The van der Waals surface area contributed by atoms with Crippen LogP contribution in [-0.2, 0) is 5.75 Å². The highest BCUT2D eigenvalue weighted by atomic mass is 35.5. The van der Waals surface area contributed by atoms with E-state index < -0.39 is 0 Å². The molecule has 0 aliphatic rings. The molecule has 13 heavy (non-hydrogen) atoms. The van der Waals surface area contributed by atoms with E-state index in [-0.39, 0.29) is 0 Å². The van der Waals surface area contributed by atoms with E-state index in [2.05, 4.69) is 23.9 Å². The van der Waals surface area contributed by atoms with Gasteiger partial charge in [-0.25, -0.2) is 9.67 Å². The summed E-state index contributed by atoms with van der Waals surface area (Å²) in [6.45, 7) is 4.20. The summed E-state index contributed by atoms with van der Waals surface area (Å²) < 4.78 is 1.95. The van der Waals surface area contributed by atoms with E-state index in [1.54, 1.807) is 18.1 Å². The Kier molecular flexibility index (Phi) is 4.59. The van der Waals surface area contributed by atoms with E-state index in [1.807, 2.05) is 4.68 Å². The zero-order valence-electron chi connectivity index (χ0n) is 7.90. The molecule has 1 rings (SSSR count). The molecule has 0 saturated carbocycles. The van der Waals surface area contributed by atoms with Crippen molar-refractivity contribution in [1.82, 2.24) is 14.8 Å². The maximum atomic E-state index is 5.58. The van der Waals surface area contributed by atoms with Crippen LogP contribution >= 0.6 is 23.4 Å². The molecule has 74 valence electrons. The Labute approximate surface area is 87.9 Å². The Morgan fingerprint density at radius 1 is 1.62 bits per heavy atom. The molecule has 0 unspecified atom stereocenters. The van der Waals surface area contributed by atoms with Gasteiger partial charge < -0.3 is 0 Å². The second-order valence-electron chi connectivity index (χ2n) is 2.96. The molecule has 0 radical (unpaired) electrons. The normalized spacial score (nSPS) is 11.1. The van der Waals surface area contributed by atoms with Crippen molar-refractivity contribution in [2.45, 2.75) is 25.6 Å². The number of nitrogens with zero attached hydrogens (tertiary/aromatic N) is 3. The van der Waals surface area contributed by atoms with Gasteiger partial charge in [0, 0.05) is 17.7 Å². The van der Waals surface area contributed by atoms with Crippen molar-refractivity contribution in [3.8, 4) is 0 Å². The Bertz CT molecular complexity index is 249. The van der Waals surface area contributed by atoms with Crippen molar-refractivity contribution in [2.24, 2.45) is 0 Å². The van der Waals surface area contributed by atoms with Gasteiger partial charge >= 0.3 is 0 Å². The minimum absolute atomic E-state index is 0.383. The van der Waals surface area contributed by atoms with Crippen LogP contribution in [0, 0.1) is 0 Å². The van der Waals surface area contributed by atoms with Crippen LogP contribution < -0.4 is 0 Å². The van der Waals surface area contributed by atoms with E-state index in [4.69, 9.17) is 11.6 Å². The second kappa shape index (κ2) is 5.50.